The Hall–Kier alpha value is -2.54. The quantitative estimate of drug-likeness (QED) is 0.695. The smallest absolute Gasteiger partial charge is 0.389 e. The van der Waals surface area contributed by atoms with Crippen LogP contribution in [0.2, 0.25) is 0 Å². The van der Waals surface area contributed by atoms with Crippen LogP contribution in [0.3, 0.4) is 0 Å². The highest BCUT2D eigenvalue weighted by Crippen LogP contribution is 2.30. The van der Waals surface area contributed by atoms with Gasteiger partial charge in [-0.25, -0.2) is 0 Å². The summed E-state index contributed by atoms with van der Waals surface area (Å²) in [5.41, 5.74) is 2.50. The number of alkyl halides is 3. The van der Waals surface area contributed by atoms with E-state index in [1.165, 1.54) is 0 Å². The molecular weight excluding hydrogens is 381 g/mol. The second-order valence-corrected chi connectivity index (χ2v) is 7.18. The van der Waals surface area contributed by atoms with E-state index >= 15 is 0 Å². The van der Waals surface area contributed by atoms with Crippen LogP contribution in [0.4, 0.5) is 18.9 Å². The van der Waals surface area contributed by atoms with Gasteiger partial charge in [0.15, 0.2) is 0 Å². The van der Waals surface area contributed by atoms with Gasteiger partial charge in [0.2, 0.25) is 5.91 Å². The highest BCUT2D eigenvalue weighted by Gasteiger charge is 2.32. The van der Waals surface area contributed by atoms with Crippen LogP contribution in [0.1, 0.15) is 25.7 Å². The van der Waals surface area contributed by atoms with Gasteiger partial charge in [0.05, 0.1) is 13.2 Å². The summed E-state index contributed by atoms with van der Waals surface area (Å²) in [5, 5.41) is 2.98. The number of anilines is 1. The molecule has 1 amide bonds. The van der Waals surface area contributed by atoms with Gasteiger partial charge < -0.3 is 10.1 Å². The van der Waals surface area contributed by atoms with Crippen molar-refractivity contribution >= 4 is 11.6 Å². The molecule has 2 aromatic carbocycles. The first-order valence-corrected chi connectivity index (χ1v) is 9.72. The number of amides is 1. The van der Waals surface area contributed by atoms with Crippen molar-refractivity contribution in [1.82, 2.24) is 4.90 Å². The summed E-state index contributed by atoms with van der Waals surface area (Å²) in [7, 11) is 1.60. The third-order valence-corrected chi connectivity index (χ3v) is 5.16. The Balaban J connectivity index is 1.68. The minimum absolute atomic E-state index is 0.00964. The summed E-state index contributed by atoms with van der Waals surface area (Å²) in [5.74, 6) is 0.575. The van der Waals surface area contributed by atoms with Gasteiger partial charge in [-0.2, -0.15) is 13.2 Å². The second kappa shape index (κ2) is 9.31. The number of nitrogens with one attached hydrogen (secondary N) is 1. The zero-order valence-corrected chi connectivity index (χ0v) is 16.3. The van der Waals surface area contributed by atoms with Crippen molar-refractivity contribution in [2.45, 2.75) is 37.9 Å². The molecule has 2 aromatic rings. The van der Waals surface area contributed by atoms with Crippen LogP contribution >= 0.6 is 0 Å². The van der Waals surface area contributed by atoms with Gasteiger partial charge in [0, 0.05) is 17.7 Å². The molecule has 1 atom stereocenters. The topological polar surface area (TPSA) is 41.6 Å². The normalized spacial score (nSPS) is 17.3. The van der Waals surface area contributed by atoms with Gasteiger partial charge >= 0.3 is 6.18 Å². The zero-order valence-electron chi connectivity index (χ0n) is 16.3. The van der Waals surface area contributed by atoms with Crippen molar-refractivity contribution in [3.63, 3.8) is 0 Å². The van der Waals surface area contributed by atoms with Crippen molar-refractivity contribution in [3.05, 3.63) is 48.5 Å². The molecule has 1 heterocycles. The molecule has 0 bridgehead atoms. The summed E-state index contributed by atoms with van der Waals surface area (Å²) in [4.78, 5) is 14.7. The van der Waals surface area contributed by atoms with Gasteiger partial charge in [-0.1, -0.05) is 30.3 Å². The molecule has 7 heteroatoms. The Morgan fingerprint density at radius 3 is 2.59 bits per heavy atom. The van der Waals surface area contributed by atoms with Gasteiger partial charge in [-0.05, 0) is 56.1 Å². The van der Waals surface area contributed by atoms with Crippen LogP contribution in [0.5, 0.6) is 5.75 Å². The molecule has 29 heavy (non-hydrogen) atoms. The number of nitrogens with zero attached hydrogens (tertiary/aromatic N) is 1. The van der Waals surface area contributed by atoms with Gasteiger partial charge in [-0.3, -0.25) is 9.69 Å². The molecule has 0 radical (unpaired) electrons. The molecule has 1 aliphatic heterocycles. The van der Waals surface area contributed by atoms with Crippen molar-refractivity contribution in [2.75, 3.05) is 25.5 Å². The van der Waals surface area contributed by atoms with Crippen LogP contribution in [0.25, 0.3) is 11.1 Å². The van der Waals surface area contributed by atoms with E-state index in [1.54, 1.807) is 7.11 Å². The minimum Gasteiger partial charge on any atom is -0.497 e. The van der Waals surface area contributed by atoms with Crippen LogP contribution in [-0.2, 0) is 4.79 Å². The van der Waals surface area contributed by atoms with E-state index in [2.05, 4.69) is 5.32 Å². The number of methoxy groups -OCH3 is 1. The molecule has 0 spiro atoms. The maximum atomic E-state index is 12.9. The monoisotopic (exact) mass is 406 g/mol. The summed E-state index contributed by atoms with van der Waals surface area (Å²) in [6.07, 6.45) is -3.50. The van der Waals surface area contributed by atoms with Gasteiger partial charge in [0.25, 0.3) is 0 Å². The number of likely N-dealkylation sites (tertiary alicyclic amines) is 1. The summed E-state index contributed by atoms with van der Waals surface area (Å²) in [6, 6.07) is 14.7. The number of halogens is 3. The Morgan fingerprint density at radius 1 is 1.17 bits per heavy atom. The lowest BCUT2D eigenvalue weighted by molar-refractivity contribution is -0.136. The van der Waals surface area contributed by atoms with Crippen LogP contribution in [-0.4, -0.2) is 43.2 Å². The fraction of sp³-hybridized carbons (Fsp3) is 0.409. The van der Waals surface area contributed by atoms with Crippen LogP contribution in [0, 0.1) is 0 Å². The third-order valence-electron chi connectivity index (χ3n) is 5.16. The number of ether oxygens (including phenoxy) is 1. The van der Waals surface area contributed by atoms with Crippen LogP contribution in [0.15, 0.2) is 48.5 Å². The van der Waals surface area contributed by atoms with Crippen molar-refractivity contribution in [3.8, 4) is 16.9 Å². The number of carbonyl (C=O) groups excluding carboxylic acids is 1. The molecule has 3 rings (SSSR count). The minimum atomic E-state index is -4.16. The molecule has 0 aromatic heterocycles. The first kappa shape index (κ1) is 21.2. The Bertz CT molecular complexity index is 822. The molecule has 156 valence electrons. The molecule has 0 aliphatic carbocycles. The van der Waals surface area contributed by atoms with Crippen LogP contribution < -0.4 is 10.1 Å². The summed E-state index contributed by atoms with van der Waals surface area (Å²) < 4.78 is 42.4. The number of carbonyl (C=O) groups is 1. The highest BCUT2D eigenvalue weighted by atomic mass is 19.4. The van der Waals surface area contributed by atoms with Crippen molar-refractivity contribution in [1.29, 1.82) is 0 Å². The predicted molar refractivity (Wildman–Crippen MR) is 107 cm³/mol. The average Bonchev–Trinajstić information content (AvgIpc) is 3.16. The fourth-order valence-electron chi connectivity index (χ4n) is 3.70. The first-order chi connectivity index (χ1) is 13.9. The largest absolute Gasteiger partial charge is 0.497 e. The molecule has 1 fully saturated rings. The Labute approximate surface area is 168 Å². The maximum Gasteiger partial charge on any atom is 0.389 e. The van der Waals surface area contributed by atoms with Crippen molar-refractivity contribution in [2.24, 2.45) is 0 Å². The number of para-hydroxylation sites is 1. The zero-order chi connectivity index (χ0) is 20.9. The maximum absolute atomic E-state index is 12.9. The predicted octanol–water partition coefficient (Wildman–Crippen LogP) is 5.11. The molecule has 1 unspecified atom stereocenters. The van der Waals surface area contributed by atoms with Gasteiger partial charge in [-0.15, -0.1) is 0 Å². The van der Waals surface area contributed by atoms with E-state index in [0.29, 0.717) is 18.7 Å². The SMILES string of the molecule is COc1ccc(-c2ccccc2NC(=O)C2CCCN2CCCC(F)(F)F)cc1. The number of hydrogen-bond acceptors (Lipinski definition) is 3. The molecule has 1 N–H and O–H groups in total. The van der Waals surface area contributed by atoms with E-state index in [9.17, 15) is 18.0 Å². The number of benzene rings is 2. The summed E-state index contributed by atoms with van der Waals surface area (Å²) >= 11 is 0. The summed E-state index contributed by atoms with van der Waals surface area (Å²) in [6.45, 7) is 0.924. The first-order valence-electron chi connectivity index (χ1n) is 9.72. The van der Waals surface area contributed by atoms with E-state index in [0.717, 1.165) is 23.3 Å². The third kappa shape index (κ3) is 5.73. The lowest BCUT2D eigenvalue weighted by Gasteiger charge is -2.24. The second-order valence-electron chi connectivity index (χ2n) is 7.18. The fourth-order valence-corrected chi connectivity index (χ4v) is 3.70. The van der Waals surface area contributed by atoms with E-state index in [-0.39, 0.29) is 18.9 Å². The van der Waals surface area contributed by atoms with Gasteiger partial charge in [0.1, 0.15) is 5.75 Å². The lowest BCUT2D eigenvalue weighted by atomic mass is 10.0. The average molecular weight is 406 g/mol. The number of rotatable bonds is 7. The molecule has 1 saturated heterocycles. The molecule has 0 saturated carbocycles. The molecule has 4 nitrogen and oxygen atoms in total. The Morgan fingerprint density at radius 2 is 1.90 bits per heavy atom. The number of hydrogen-bond donors (Lipinski definition) is 1. The molecular formula is C22H25F3N2O2. The standard InChI is InChI=1S/C22H25F3N2O2/c1-29-17-11-9-16(10-12-17)18-6-2-3-7-19(18)26-21(28)20-8-4-14-27(20)15-5-13-22(23,24)25/h2-3,6-7,9-12,20H,4-5,8,13-15H2,1H3,(H,26,28). The van der Waals surface area contributed by atoms with Crippen molar-refractivity contribution < 1.29 is 22.7 Å². The van der Waals surface area contributed by atoms with E-state index in [1.807, 2.05) is 53.4 Å². The van der Waals surface area contributed by atoms with E-state index in [4.69, 9.17) is 4.74 Å². The highest BCUT2D eigenvalue weighted by molar-refractivity contribution is 5.98. The molecule has 1 aliphatic rings. The Kier molecular flexibility index (Phi) is 6.79. The van der Waals surface area contributed by atoms with E-state index < -0.39 is 18.6 Å². The lowest BCUT2D eigenvalue weighted by Crippen LogP contribution is -2.40.